The number of fused-ring (bicyclic) bond motifs is 1. The summed E-state index contributed by atoms with van der Waals surface area (Å²) in [7, 11) is 0. The zero-order valence-electron chi connectivity index (χ0n) is 12.9. The summed E-state index contributed by atoms with van der Waals surface area (Å²) in [6.07, 6.45) is 1.60. The molecule has 0 atom stereocenters. The van der Waals surface area contributed by atoms with Gasteiger partial charge in [0, 0.05) is 25.8 Å². The van der Waals surface area contributed by atoms with E-state index >= 15 is 0 Å². The molecule has 0 radical (unpaired) electrons. The monoisotopic (exact) mass is 331 g/mol. The topological polar surface area (TPSA) is 81.8 Å². The lowest BCUT2D eigenvalue weighted by molar-refractivity contribution is 0.0941. The van der Waals surface area contributed by atoms with Gasteiger partial charge in [-0.15, -0.1) is 11.3 Å². The van der Waals surface area contributed by atoms with E-state index in [-0.39, 0.29) is 11.5 Å². The van der Waals surface area contributed by atoms with Gasteiger partial charge in [0.1, 0.15) is 16.3 Å². The molecule has 8 heteroatoms. The second-order valence-corrected chi connectivity index (χ2v) is 5.94. The molecule has 0 bridgehead atoms. The lowest BCUT2D eigenvalue weighted by Crippen LogP contribution is -2.33. The third-order valence-electron chi connectivity index (χ3n) is 3.64. The highest BCUT2D eigenvalue weighted by Crippen LogP contribution is 2.14. The number of hydrogen-bond donors (Lipinski definition) is 1. The Balaban J connectivity index is 1.72. The zero-order valence-corrected chi connectivity index (χ0v) is 13.8. The molecule has 0 aromatic carbocycles. The fraction of sp³-hybridized carbons (Fsp3) is 0.333. The summed E-state index contributed by atoms with van der Waals surface area (Å²) in [6, 6.07) is 3.46. The van der Waals surface area contributed by atoms with Crippen LogP contribution in [0.2, 0.25) is 0 Å². The SMILES string of the molecule is CCn1nccc1C(=O)NCCn1c(C)nc2sccc2c1=O. The van der Waals surface area contributed by atoms with Crippen molar-refractivity contribution in [3.8, 4) is 0 Å². The average Bonchev–Trinajstić information content (AvgIpc) is 3.18. The summed E-state index contributed by atoms with van der Waals surface area (Å²) in [5, 5.41) is 9.37. The van der Waals surface area contributed by atoms with Gasteiger partial charge in [-0.3, -0.25) is 18.8 Å². The summed E-state index contributed by atoms with van der Waals surface area (Å²) >= 11 is 1.45. The maximum atomic E-state index is 12.4. The number of hydrogen-bond acceptors (Lipinski definition) is 5. The summed E-state index contributed by atoms with van der Waals surface area (Å²) in [5.74, 6) is 0.456. The molecule has 3 aromatic rings. The molecular formula is C15H17N5O2S. The molecule has 1 N–H and O–H groups in total. The van der Waals surface area contributed by atoms with Gasteiger partial charge in [-0.05, 0) is 31.4 Å². The van der Waals surface area contributed by atoms with Crippen LogP contribution < -0.4 is 10.9 Å². The van der Waals surface area contributed by atoms with E-state index in [1.54, 1.807) is 34.5 Å². The van der Waals surface area contributed by atoms with Crippen LogP contribution in [-0.2, 0) is 13.1 Å². The predicted octanol–water partition coefficient (Wildman–Crippen LogP) is 1.41. The zero-order chi connectivity index (χ0) is 16.4. The lowest BCUT2D eigenvalue weighted by Gasteiger charge is -2.10. The summed E-state index contributed by atoms with van der Waals surface area (Å²) in [4.78, 5) is 29.7. The van der Waals surface area contributed by atoms with E-state index in [1.165, 1.54) is 11.3 Å². The average molecular weight is 331 g/mol. The molecule has 0 aliphatic heterocycles. The minimum absolute atomic E-state index is 0.0680. The molecule has 7 nitrogen and oxygen atoms in total. The van der Waals surface area contributed by atoms with Crippen molar-refractivity contribution in [2.45, 2.75) is 26.9 Å². The van der Waals surface area contributed by atoms with Crippen molar-refractivity contribution in [3.63, 3.8) is 0 Å². The largest absolute Gasteiger partial charge is 0.349 e. The van der Waals surface area contributed by atoms with Crippen LogP contribution in [0.3, 0.4) is 0 Å². The Morgan fingerprint density at radius 3 is 3.00 bits per heavy atom. The number of nitrogens with one attached hydrogen (secondary N) is 1. The Labute approximate surface area is 136 Å². The Hall–Kier alpha value is -2.48. The van der Waals surface area contributed by atoms with Crippen LogP contribution in [0.1, 0.15) is 23.2 Å². The first-order valence-corrected chi connectivity index (χ1v) is 8.24. The third-order valence-corrected chi connectivity index (χ3v) is 4.45. The van der Waals surface area contributed by atoms with Crippen LogP contribution >= 0.6 is 11.3 Å². The molecule has 3 aromatic heterocycles. The molecular weight excluding hydrogens is 314 g/mol. The molecule has 0 saturated carbocycles. The van der Waals surface area contributed by atoms with Gasteiger partial charge >= 0.3 is 0 Å². The first-order valence-electron chi connectivity index (χ1n) is 7.36. The number of rotatable bonds is 5. The molecule has 1 amide bonds. The Morgan fingerprint density at radius 1 is 1.39 bits per heavy atom. The van der Waals surface area contributed by atoms with E-state index < -0.39 is 0 Å². The van der Waals surface area contributed by atoms with E-state index in [0.29, 0.717) is 36.5 Å². The first kappa shape index (κ1) is 15.4. The van der Waals surface area contributed by atoms with Crippen LogP contribution in [0, 0.1) is 6.92 Å². The number of nitrogens with zero attached hydrogens (tertiary/aromatic N) is 4. The van der Waals surface area contributed by atoms with E-state index in [0.717, 1.165) is 4.83 Å². The number of aromatic nitrogens is 4. The number of amides is 1. The smallest absolute Gasteiger partial charge is 0.269 e. The molecule has 23 heavy (non-hydrogen) atoms. The first-order chi connectivity index (χ1) is 11.1. The predicted molar refractivity (Wildman–Crippen MR) is 88.9 cm³/mol. The van der Waals surface area contributed by atoms with Crippen LogP contribution in [0.15, 0.2) is 28.5 Å². The quantitative estimate of drug-likeness (QED) is 0.766. The summed E-state index contributed by atoms with van der Waals surface area (Å²) < 4.78 is 3.22. The molecule has 3 heterocycles. The Kier molecular flexibility index (Phi) is 4.24. The normalized spacial score (nSPS) is 11.0. The molecule has 0 unspecified atom stereocenters. The molecule has 0 fully saturated rings. The fourth-order valence-electron chi connectivity index (χ4n) is 2.46. The summed E-state index contributed by atoms with van der Waals surface area (Å²) in [5.41, 5.74) is 0.449. The van der Waals surface area contributed by atoms with Crippen molar-refractivity contribution in [1.82, 2.24) is 24.6 Å². The van der Waals surface area contributed by atoms with Crippen molar-refractivity contribution >= 4 is 27.5 Å². The van der Waals surface area contributed by atoms with Crippen molar-refractivity contribution in [2.24, 2.45) is 0 Å². The number of thiophene rings is 1. The Morgan fingerprint density at radius 2 is 2.22 bits per heavy atom. The standard InChI is InChI=1S/C15H17N5O2S/c1-3-20-12(4-6-17-20)13(21)16-7-8-19-10(2)18-14-11(15(19)22)5-9-23-14/h4-6,9H,3,7-8H2,1-2H3,(H,16,21). The van der Waals surface area contributed by atoms with Crippen molar-refractivity contribution in [2.75, 3.05) is 6.54 Å². The van der Waals surface area contributed by atoms with Crippen LogP contribution in [0.25, 0.3) is 10.2 Å². The van der Waals surface area contributed by atoms with Gasteiger partial charge in [0.25, 0.3) is 11.5 Å². The second-order valence-electron chi connectivity index (χ2n) is 5.04. The van der Waals surface area contributed by atoms with Gasteiger partial charge in [0.2, 0.25) is 0 Å². The van der Waals surface area contributed by atoms with Gasteiger partial charge in [0.15, 0.2) is 0 Å². The number of carbonyl (C=O) groups excluding carboxylic acids is 1. The van der Waals surface area contributed by atoms with Gasteiger partial charge in [0.05, 0.1) is 5.39 Å². The lowest BCUT2D eigenvalue weighted by atomic mass is 10.3. The number of carbonyl (C=O) groups is 1. The van der Waals surface area contributed by atoms with E-state index in [4.69, 9.17) is 0 Å². The van der Waals surface area contributed by atoms with Gasteiger partial charge in [-0.2, -0.15) is 5.10 Å². The van der Waals surface area contributed by atoms with Crippen molar-refractivity contribution in [1.29, 1.82) is 0 Å². The highest BCUT2D eigenvalue weighted by Gasteiger charge is 2.12. The van der Waals surface area contributed by atoms with E-state index in [1.807, 2.05) is 12.3 Å². The Bertz CT molecular complexity index is 908. The highest BCUT2D eigenvalue weighted by molar-refractivity contribution is 7.16. The van der Waals surface area contributed by atoms with E-state index in [9.17, 15) is 9.59 Å². The van der Waals surface area contributed by atoms with Crippen LogP contribution in [0.4, 0.5) is 0 Å². The second kappa shape index (κ2) is 6.33. The molecule has 0 aliphatic carbocycles. The van der Waals surface area contributed by atoms with Gasteiger partial charge in [-0.1, -0.05) is 0 Å². The molecule has 0 aliphatic rings. The molecule has 120 valence electrons. The fourth-order valence-corrected chi connectivity index (χ4v) is 3.26. The molecule has 3 rings (SSSR count). The van der Waals surface area contributed by atoms with Crippen LogP contribution in [-0.4, -0.2) is 31.8 Å². The highest BCUT2D eigenvalue weighted by atomic mass is 32.1. The van der Waals surface area contributed by atoms with Gasteiger partial charge in [-0.25, -0.2) is 4.98 Å². The minimum Gasteiger partial charge on any atom is -0.349 e. The van der Waals surface area contributed by atoms with Gasteiger partial charge < -0.3 is 5.32 Å². The van der Waals surface area contributed by atoms with E-state index in [2.05, 4.69) is 15.4 Å². The van der Waals surface area contributed by atoms with Crippen molar-refractivity contribution < 1.29 is 4.79 Å². The third kappa shape index (κ3) is 2.89. The maximum absolute atomic E-state index is 12.4. The van der Waals surface area contributed by atoms with Crippen molar-refractivity contribution in [3.05, 3.63) is 45.6 Å². The maximum Gasteiger partial charge on any atom is 0.269 e. The summed E-state index contributed by atoms with van der Waals surface area (Å²) in [6.45, 7) is 5.09. The number of aryl methyl sites for hydroxylation is 2. The minimum atomic E-state index is -0.195. The van der Waals surface area contributed by atoms with Crippen LogP contribution in [0.5, 0.6) is 0 Å². The molecule has 0 spiro atoms. The molecule has 0 saturated heterocycles.